The van der Waals surface area contributed by atoms with E-state index in [1.165, 1.54) is 16.8 Å². The average Bonchev–Trinajstić information content (AvgIpc) is 2.38. The number of H-pyrrole nitrogens is 1. The minimum atomic E-state index is -0.355. The number of hydrogen-bond donors (Lipinski definition) is 2. The predicted molar refractivity (Wildman–Crippen MR) is 95.3 cm³/mol. The molecule has 2 rings (SSSR count). The number of nitrogens with one attached hydrogen (secondary N) is 1. The van der Waals surface area contributed by atoms with Gasteiger partial charge in [0.25, 0.3) is 5.56 Å². The normalized spacial score (nSPS) is 13.4. The van der Waals surface area contributed by atoms with Gasteiger partial charge in [-0.25, -0.2) is 9.79 Å². The summed E-state index contributed by atoms with van der Waals surface area (Å²) in [7, 11) is 0. The van der Waals surface area contributed by atoms with Gasteiger partial charge in [0, 0.05) is 30.5 Å². The minimum absolute atomic E-state index is 0. The zero-order valence-corrected chi connectivity index (χ0v) is 13.4. The summed E-state index contributed by atoms with van der Waals surface area (Å²) in [5.74, 6) is 1.23. The quantitative estimate of drug-likeness (QED) is 0.868. The molecule has 0 aliphatic carbocycles. The lowest BCUT2D eigenvalue weighted by atomic mass is 10.3. The van der Waals surface area contributed by atoms with Gasteiger partial charge >= 0.3 is 5.69 Å². The number of amidine groups is 1. The van der Waals surface area contributed by atoms with Crippen LogP contribution in [0.5, 0.6) is 0 Å². The van der Waals surface area contributed by atoms with Gasteiger partial charge in [-0.15, -0.1) is 0 Å². The molecular formula is C16H27N5O2. The topological polar surface area (TPSA) is 96.5 Å². The van der Waals surface area contributed by atoms with E-state index in [4.69, 9.17) is 5.73 Å². The Balaban J connectivity index is 0.000000403. The van der Waals surface area contributed by atoms with Crippen molar-refractivity contribution in [3.8, 4) is 0 Å². The fourth-order valence-corrected chi connectivity index (χ4v) is 1.79. The Labute approximate surface area is 136 Å². The van der Waals surface area contributed by atoms with Crippen molar-refractivity contribution < 1.29 is 0 Å². The smallest absolute Gasteiger partial charge is 0.328 e. The second-order valence-electron chi connectivity index (χ2n) is 5.38. The van der Waals surface area contributed by atoms with Crippen molar-refractivity contribution in [1.29, 1.82) is 0 Å². The second kappa shape index (κ2) is 8.77. The van der Waals surface area contributed by atoms with Crippen LogP contribution in [0.2, 0.25) is 0 Å². The number of nitrogens with zero attached hydrogens (tertiary/aromatic N) is 3. The SMILES string of the molecule is C.C=C1N=C(N)C=CN1C(C)C.CC(C)n1ccc(=O)[nH]c1=O. The molecule has 1 aliphatic rings. The highest BCUT2D eigenvalue weighted by Crippen LogP contribution is 2.12. The van der Waals surface area contributed by atoms with Crippen LogP contribution < -0.4 is 17.0 Å². The lowest BCUT2D eigenvalue weighted by Gasteiger charge is -2.26. The largest absolute Gasteiger partial charge is 0.384 e. The maximum absolute atomic E-state index is 11.0. The first-order chi connectivity index (χ1) is 10.2. The lowest BCUT2D eigenvalue weighted by molar-refractivity contribution is 0.380. The summed E-state index contributed by atoms with van der Waals surface area (Å²) in [4.78, 5) is 29.8. The molecule has 0 atom stereocenters. The molecule has 7 heteroatoms. The third-order valence-corrected chi connectivity index (χ3v) is 2.93. The molecule has 128 valence electrons. The molecule has 0 unspecified atom stereocenters. The molecule has 2 heterocycles. The van der Waals surface area contributed by atoms with Crippen LogP contribution in [-0.2, 0) is 0 Å². The maximum atomic E-state index is 11.0. The molecule has 23 heavy (non-hydrogen) atoms. The van der Waals surface area contributed by atoms with Gasteiger partial charge < -0.3 is 10.6 Å². The van der Waals surface area contributed by atoms with Crippen LogP contribution in [0, 0.1) is 0 Å². The minimum Gasteiger partial charge on any atom is -0.384 e. The Morgan fingerprint density at radius 2 is 1.83 bits per heavy atom. The van der Waals surface area contributed by atoms with Gasteiger partial charge in [-0.05, 0) is 33.8 Å². The van der Waals surface area contributed by atoms with Crippen molar-refractivity contribution in [2.24, 2.45) is 10.7 Å². The Bertz CT molecular complexity index is 695. The molecular weight excluding hydrogens is 294 g/mol. The van der Waals surface area contributed by atoms with E-state index < -0.39 is 0 Å². The molecule has 0 saturated carbocycles. The molecule has 0 bridgehead atoms. The van der Waals surface area contributed by atoms with E-state index in [1.807, 2.05) is 24.9 Å². The molecule has 1 aromatic rings. The molecule has 1 aliphatic heterocycles. The van der Waals surface area contributed by atoms with Gasteiger partial charge in [0.15, 0.2) is 0 Å². The van der Waals surface area contributed by atoms with Gasteiger partial charge in [-0.1, -0.05) is 14.0 Å². The summed E-state index contributed by atoms with van der Waals surface area (Å²) in [6.45, 7) is 11.7. The Morgan fingerprint density at radius 1 is 1.22 bits per heavy atom. The summed E-state index contributed by atoms with van der Waals surface area (Å²) in [5.41, 5.74) is 4.75. The Hall–Kier alpha value is -2.57. The Kier molecular flexibility index (Phi) is 7.79. The third kappa shape index (κ3) is 5.98. The van der Waals surface area contributed by atoms with Gasteiger partial charge in [0.05, 0.1) is 0 Å². The third-order valence-electron chi connectivity index (χ3n) is 2.93. The van der Waals surface area contributed by atoms with Crippen LogP contribution >= 0.6 is 0 Å². The summed E-state index contributed by atoms with van der Waals surface area (Å²) < 4.78 is 1.46. The van der Waals surface area contributed by atoms with Crippen molar-refractivity contribution in [2.75, 3.05) is 0 Å². The molecule has 0 radical (unpaired) electrons. The highest BCUT2D eigenvalue weighted by atomic mass is 16.2. The number of nitrogens with two attached hydrogens (primary N) is 1. The molecule has 0 fully saturated rings. The van der Waals surface area contributed by atoms with Gasteiger partial charge in [-0.3, -0.25) is 14.3 Å². The fraction of sp³-hybridized carbons (Fsp3) is 0.438. The maximum Gasteiger partial charge on any atom is 0.328 e. The van der Waals surface area contributed by atoms with Gasteiger partial charge in [-0.2, -0.15) is 0 Å². The number of hydrogen-bond acceptors (Lipinski definition) is 5. The summed E-state index contributed by atoms with van der Waals surface area (Å²) >= 11 is 0. The van der Waals surface area contributed by atoms with Crippen LogP contribution in [0.1, 0.15) is 41.2 Å². The van der Waals surface area contributed by atoms with Crippen molar-refractivity contribution in [3.05, 3.63) is 57.8 Å². The van der Waals surface area contributed by atoms with Crippen molar-refractivity contribution in [2.45, 2.75) is 47.2 Å². The van der Waals surface area contributed by atoms with Crippen LogP contribution in [0.4, 0.5) is 0 Å². The molecule has 0 spiro atoms. The van der Waals surface area contributed by atoms with E-state index in [-0.39, 0.29) is 24.7 Å². The van der Waals surface area contributed by atoms with E-state index >= 15 is 0 Å². The van der Waals surface area contributed by atoms with Crippen LogP contribution in [0.25, 0.3) is 0 Å². The standard InChI is InChI=1S/C8H13N3.C7H10N2O2.CH4/c1-6(2)11-5-4-8(9)10-7(11)3;1-5(2)9-4-3-6(10)8-7(9)11;/h4-6H,3H2,1-2H3,(H2,9,10);3-5H,1-2H3,(H,8,10,11);1H4. The van der Waals surface area contributed by atoms with Gasteiger partial charge in [0.2, 0.25) is 0 Å². The average molecular weight is 321 g/mol. The lowest BCUT2D eigenvalue weighted by Crippen LogP contribution is -2.29. The zero-order chi connectivity index (χ0) is 16.9. The summed E-state index contributed by atoms with van der Waals surface area (Å²) in [6, 6.07) is 1.80. The van der Waals surface area contributed by atoms with E-state index in [1.54, 1.807) is 6.08 Å². The van der Waals surface area contributed by atoms with Crippen molar-refractivity contribution in [1.82, 2.24) is 14.5 Å². The van der Waals surface area contributed by atoms with E-state index in [9.17, 15) is 9.59 Å². The zero-order valence-electron chi connectivity index (χ0n) is 13.4. The van der Waals surface area contributed by atoms with Crippen molar-refractivity contribution in [3.63, 3.8) is 0 Å². The van der Waals surface area contributed by atoms with Crippen LogP contribution in [0.3, 0.4) is 0 Å². The highest BCUT2D eigenvalue weighted by Gasteiger charge is 2.10. The monoisotopic (exact) mass is 321 g/mol. The molecule has 1 aromatic heterocycles. The van der Waals surface area contributed by atoms with E-state index in [0.29, 0.717) is 17.7 Å². The molecule has 3 N–H and O–H groups in total. The van der Waals surface area contributed by atoms with Gasteiger partial charge in [0.1, 0.15) is 11.7 Å². The molecule has 7 nitrogen and oxygen atoms in total. The number of aromatic nitrogens is 2. The molecule has 0 aromatic carbocycles. The predicted octanol–water partition coefficient (Wildman–Crippen LogP) is 1.81. The number of rotatable bonds is 2. The first-order valence-electron chi connectivity index (χ1n) is 7.03. The summed E-state index contributed by atoms with van der Waals surface area (Å²) in [6.07, 6.45) is 5.16. The molecule has 0 amide bonds. The number of aromatic amines is 1. The first kappa shape index (κ1) is 20.4. The second-order valence-corrected chi connectivity index (χ2v) is 5.38. The fourth-order valence-electron chi connectivity index (χ4n) is 1.79. The first-order valence-corrected chi connectivity index (χ1v) is 7.03. The van der Waals surface area contributed by atoms with Crippen LogP contribution in [-0.4, -0.2) is 26.3 Å². The van der Waals surface area contributed by atoms with Crippen LogP contribution in [0.15, 0.2) is 51.5 Å². The van der Waals surface area contributed by atoms with E-state index in [2.05, 4.69) is 30.4 Å². The van der Waals surface area contributed by atoms with E-state index in [0.717, 1.165) is 0 Å². The van der Waals surface area contributed by atoms with Crippen molar-refractivity contribution >= 4 is 5.84 Å². The Morgan fingerprint density at radius 3 is 2.26 bits per heavy atom. The summed E-state index contributed by atoms with van der Waals surface area (Å²) in [5, 5.41) is 0. The molecule has 0 saturated heterocycles. The highest BCUT2D eigenvalue weighted by molar-refractivity contribution is 5.92. The number of aliphatic imine (C=N–C) groups is 1.